The zero-order valence-corrected chi connectivity index (χ0v) is 19.5. The van der Waals surface area contributed by atoms with E-state index in [-0.39, 0.29) is 22.5 Å². The second-order valence-electron chi connectivity index (χ2n) is 7.46. The first kappa shape index (κ1) is 21.6. The maximum absolute atomic E-state index is 13.5. The van der Waals surface area contributed by atoms with Gasteiger partial charge in [-0.05, 0) is 48.9 Å². The molecule has 0 aliphatic rings. The third-order valence-corrected chi connectivity index (χ3v) is 6.21. The van der Waals surface area contributed by atoms with Crippen LogP contribution < -0.4 is 0 Å². The van der Waals surface area contributed by atoms with Gasteiger partial charge in [-0.2, -0.15) is 0 Å². The zero-order valence-electron chi connectivity index (χ0n) is 17.2. The number of hydrogen-bond acceptors (Lipinski definition) is 5. The molecule has 0 aliphatic heterocycles. The molecule has 0 N–H and O–H groups in total. The molecule has 0 spiro atoms. The largest absolute Gasteiger partial charge is 0.412 e. The lowest BCUT2D eigenvalue weighted by molar-refractivity contribution is 0.100. The van der Waals surface area contributed by atoms with Crippen LogP contribution in [0, 0.1) is 6.92 Å². The lowest BCUT2D eigenvalue weighted by Gasteiger charge is -2.10. The molecule has 0 radical (unpaired) electrons. The summed E-state index contributed by atoms with van der Waals surface area (Å²) < 4.78 is 7.47. The van der Waals surface area contributed by atoms with Gasteiger partial charge in [-0.3, -0.25) is 9.78 Å². The molecular weight excluding hydrogens is 483 g/mol. The molecule has 164 valence electrons. The van der Waals surface area contributed by atoms with E-state index in [1.54, 1.807) is 36.5 Å². The summed E-state index contributed by atoms with van der Waals surface area (Å²) in [6, 6.07) is 16.3. The Hall–Kier alpha value is -3.19. The minimum absolute atomic E-state index is 0.155. The van der Waals surface area contributed by atoms with Crippen LogP contribution >= 0.6 is 34.8 Å². The van der Waals surface area contributed by atoms with Gasteiger partial charge in [0, 0.05) is 21.6 Å². The van der Waals surface area contributed by atoms with E-state index >= 15 is 0 Å². The maximum Gasteiger partial charge on any atom is 0.289 e. The number of carbonyl (C=O) groups excluding carboxylic acids is 1. The highest BCUT2D eigenvalue weighted by Gasteiger charge is 2.27. The van der Waals surface area contributed by atoms with E-state index in [0.717, 1.165) is 16.6 Å². The van der Waals surface area contributed by atoms with Crippen LogP contribution in [0.15, 0.2) is 65.2 Å². The number of hydrogen-bond donors (Lipinski definition) is 0. The zero-order chi connectivity index (χ0) is 23.1. The first-order chi connectivity index (χ1) is 15.9. The molecule has 0 saturated carbocycles. The summed E-state index contributed by atoms with van der Waals surface area (Å²) in [6.45, 7) is 2.30. The van der Waals surface area contributed by atoms with Gasteiger partial charge in [0.2, 0.25) is 0 Å². The number of carbonyl (C=O) groups is 1. The molecule has 0 amide bonds. The number of halogens is 3. The molecule has 0 aliphatic carbocycles. The first-order valence-electron chi connectivity index (χ1n) is 9.94. The number of benzene rings is 2. The Balaban J connectivity index is 1.61. The summed E-state index contributed by atoms with van der Waals surface area (Å²) in [4.78, 5) is 17.6. The summed E-state index contributed by atoms with van der Waals surface area (Å²) in [5.74, 6) is -0.475. The number of fused-ring (bicyclic) bond motifs is 1. The Kier molecular flexibility index (Phi) is 5.66. The van der Waals surface area contributed by atoms with Crippen molar-refractivity contribution in [3.8, 4) is 11.6 Å². The minimum Gasteiger partial charge on any atom is -0.412 e. The van der Waals surface area contributed by atoms with Crippen LogP contribution in [-0.2, 0) is 6.54 Å². The molecule has 0 unspecified atom stereocenters. The Morgan fingerprint density at radius 1 is 1.03 bits per heavy atom. The van der Waals surface area contributed by atoms with E-state index < -0.39 is 5.78 Å². The molecule has 3 aromatic heterocycles. The van der Waals surface area contributed by atoms with Crippen LogP contribution in [0.25, 0.3) is 22.5 Å². The van der Waals surface area contributed by atoms with Crippen LogP contribution in [0.4, 0.5) is 0 Å². The quantitative estimate of drug-likeness (QED) is 0.255. The number of ketones is 1. The molecule has 9 heteroatoms. The molecule has 2 aromatic carbocycles. The fourth-order valence-electron chi connectivity index (χ4n) is 3.64. The van der Waals surface area contributed by atoms with E-state index in [1.807, 2.05) is 35.8 Å². The van der Waals surface area contributed by atoms with Crippen LogP contribution in [0.5, 0.6) is 0 Å². The van der Waals surface area contributed by atoms with Crippen molar-refractivity contribution in [2.45, 2.75) is 13.5 Å². The van der Waals surface area contributed by atoms with Crippen molar-refractivity contribution in [1.82, 2.24) is 19.7 Å². The van der Waals surface area contributed by atoms with Gasteiger partial charge in [0.25, 0.3) is 17.6 Å². The predicted molar refractivity (Wildman–Crippen MR) is 128 cm³/mol. The number of pyridine rings is 1. The number of rotatable bonds is 5. The number of aromatic nitrogens is 4. The minimum atomic E-state index is -0.466. The van der Waals surface area contributed by atoms with Gasteiger partial charge in [0.05, 0.1) is 17.6 Å². The van der Waals surface area contributed by atoms with Gasteiger partial charge in [-0.25, -0.2) is 0 Å². The SMILES string of the molecule is Cc1ccc2c(c1)c(C(=O)c1nnc(-c3ccccn3)o1)c(Cl)n2Cc1ccc(Cl)cc1Cl. The lowest BCUT2D eigenvalue weighted by atomic mass is 10.1. The third-order valence-electron chi connectivity index (χ3n) is 5.23. The Morgan fingerprint density at radius 3 is 2.64 bits per heavy atom. The van der Waals surface area contributed by atoms with Crippen molar-refractivity contribution in [3.05, 3.63) is 98.6 Å². The topological polar surface area (TPSA) is 73.8 Å². The fourth-order valence-corrected chi connectivity index (χ4v) is 4.45. The van der Waals surface area contributed by atoms with Crippen molar-refractivity contribution in [3.63, 3.8) is 0 Å². The average molecular weight is 498 g/mol. The van der Waals surface area contributed by atoms with Crippen LogP contribution in [0.1, 0.15) is 27.4 Å². The summed E-state index contributed by atoms with van der Waals surface area (Å²) >= 11 is 19.2. The summed E-state index contributed by atoms with van der Waals surface area (Å²) in [5, 5.41) is 9.91. The monoisotopic (exact) mass is 496 g/mol. The summed E-state index contributed by atoms with van der Waals surface area (Å²) in [6.07, 6.45) is 1.61. The second-order valence-corrected chi connectivity index (χ2v) is 8.67. The molecule has 0 bridgehead atoms. The standard InChI is InChI=1S/C24H15Cl3N4O2/c1-13-5-8-19-16(10-13)20(22(27)31(19)12-14-6-7-15(25)11-17(14)26)21(32)24-30-29-23(33-24)18-4-2-3-9-28-18/h2-11H,12H2,1H3. The van der Waals surface area contributed by atoms with Crippen molar-refractivity contribution in [1.29, 1.82) is 0 Å². The summed E-state index contributed by atoms with van der Waals surface area (Å²) in [5.41, 5.74) is 3.34. The lowest BCUT2D eigenvalue weighted by Crippen LogP contribution is -2.04. The third kappa shape index (κ3) is 4.02. The van der Waals surface area contributed by atoms with Crippen LogP contribution in [-0.4, -0.2) is 25.5 Å². The Labute approximate surface area is 203 Å². The molecule has 0 atom stereocenters. The van der Waals surface area contributed by atoms with E-state index in [4.69, 9.17) is 39.2 Å². The van der Waals surface area contributed by atoms with Gasteiger partial charge in [-0.1, -0.05) is 58.6 Å². The highest BCUT2D eigenvalue weighted by molar-refractivity contribution is 6.37. The molecule has 0 fully saturated rings. The van der Waals surface area contributed by atoms with Gasteiger partial charge in [0.15, 0.2) is 0 Å². The smallest absolute Gasteiger partial charge is 0.289 e. The van der Waals surface area contributed by atoms with E-state index in [2.05, 4.69) is 15.2 Å². The van der Waals surface area contributed by atoms with Crippen LogP contribution in [0.2, 0.25) is 15.2 Å². The average Bonchev–Trinajstić information content (AvgIpc) is 3.39. The highest BCUT2D eigenvalue weighted by Crippen LogP contribution is 2.34. The van der Waals surface area contributed by atoms with E-state index in [1.165, 1.54) is 0 Å². The Bertz CT molecular complexity index is 1510. The Morgan fingerprint density at radius 2 is 1.88 bits per heavy atom. The second kappa shape index (κ2) is 8.63. The van der Waals surface area contributed by atoms with Gasteiger partial charge in [0.1, 0.15) is 10.8 Å². The normalized spacial score (nSPS) is 11.3. The van der Waals surface area contributed by atoms with Gasteiger partial charge < -0.3 is 8.98 Å². The molecular formula is C24H15Cl3N4O2. The molecule has 5 aromatic rings. The first-order valence-corrected chi connectivity index (χ1v) is 11.1. The molecule has 6 nitrogen and oxygen atoms in total. The molecule has 0 saturated heterocycles. The highest BCUT2D eigenvalue weighted by atomic mass is 35.5. The van der Waals surface area contributed by atoms with Crippen molar-refractivity contribution in [2.75, 3.05) is 0 Å². The number of aryl methyl sites for hydroxylation is 1. The van der Waals surface area contributed by atoms with Crippen LogP contribution in [0.3, 0.4) is 0 Å². The maximum atomic E-state index is 13.5. The van der Waals surface area contributed by atoms with E-state index in [0.29, 0.717) is 27.7 Å². The summed E-state index contributed by atoms with van der Waals surface area (Å²) in [7, 11) is 0. The van der Waals surface area contributed by atoms with Gasteiger partial charge >= 0.3 is 0 Å². The predicted octanol–water partition coefficient (Wildman–Crippen LogP) is 6.63. The van der Waals surface area contributed by atoms with Crippen molar-refractivity contribution < 1.29 is 9.21 Å². The van der Waals surface area contributed by atoms with Crippen molar-refractivity contribution >= 4 is 51.5 Å². The fraction of sp³-hybridized carbons (Fsp3) is 0.0833. The van der Waals surface area contributed by atoms with E-state index in [9.17, 15) is 4.79 Å². The number of nitrogens with zero attached hydrogens (tertiary/aromatic N) is 4. The molecule has 3 heterocycles. The molecule has 5 rings (SSSR count). The molecule has 33 heavy (non-hydrogen) atoms. The van der Waals surface area contributed by atoms with Gasteiger partial charge in [-0.15, -0.1) is 10.2 Å². The van der Waals surface area contributed by atoms with Crippen molar-refractivity contribution in [2.24, 2.45) is 0 Å².